The van der Waals surface area contributed by atoms with Gasteiger partial charge >= 0.3 is 0 Å². The Labute approximate surface area is 123 Å². The predicted molar refractivity (Wildman–Crippen MR) is 76.7 cm³/mol. The van der Waals surface area contributed by atoms with Gasteiger partial charge in [0.1, 0.15) is 12.4 Å². The van der Waals surface area contributed by atoms with Crippen molar-refractivity contribution in [2.45, 2.75) is 32.7 Å². The van der Waals surface area contributed by atoms with Crippen molar-refractivity contribution in [3.63, 3.8) is 0 Å². The number of ether oxygens (including phenoxy) is 1. The van der Waals surface area contributed by atoms with Gasteiger partial charge in [-0.25, -0.2) is 0 Å². The van der Waals surface area contributed by atoms with Gasteiger partial charge in [0.15, 0.2) is 0 Å². The van der Waals surface area contributed by atoms with E-state index in [0.717, 1.165) is 0 Å². The van der Waals surface area contributed by atoms with E-state index in [1.54, 1.807) is 24.3 Å². The lowest BCUT2D eigenvalue weighted by Gasteiger charge is -2.32. The van der Waals surface area contributed by atoms with Crippen molar-refractivity contribution in [3.8, 4) is 5.75 Å². The van der Waals surface area contributed by atoms with Crippen LogP contribution in [0, 0.1) is 5.92 Å². The lowest BCUT2D eigenvalue weighted by Crippen LogP contribution is -2.49. The second kappa shape index (κ2) is 6.27. The molecule has 0 N–H and O–H groups in total. The van der Waals surface area contributed by atoms with Gasteiger partial charge in [-0.15, -0.1) is 0 Å². The first-order chi connectivity index (χ1) is 9.47. The molecule has 1 aliphatic rings. The van der Waals surface area contributed by atoms with Crippen LogP contribution in [0.2, 0.25) is 5.02 Å². The molecule has 2 rings (SSSR count). The highest BCUT2D eigenvalue weighted by Crippen LogP contribution is 2.22. The van der Waals surface area contributed by atoms with Gasteiger partial charge in [-0.05, 0) is 37.1 Å². The Hall–Kier alpha value is -1.55. The van der Waals surface area contributed by atoms with Gasteiger partial charge in [0, 0.05) is 17.9 Å². The number of carbonyl (C=O) groups excluding carboxylic acids is 2. The quantitative estimate of drug-likeness (QED) is 0.803. The summed E-state index contributed by atoms with van der Waals surface area (Å²) >= 11 is 5.79. The Morgan fingerprint density at radius 3 is 2.35 bits per heavy atom. The number of nitrogens with zero attached hydrogens (tertiary/aromatic N) is 1. The van der Waals surface area contributed by atoms with E-state index in [1.165, 1.54) is 4.90 Å². The molecule has 0 bridgehead atoms. The van der Waals surface area contributed by atoms with Crippen LogP contribution < -0.4 is 4.74 Å². The molecule has 1 aliphatic heterocycles. The third kappa shape index (κ3) is 3.51. The number of likely N-dealkylation sites (tertiary alicyclic amines) is 1. The Morgan fingerprint density at radius 1 is 1.25 bits per heavy atom. The molecule has 0 spiro atoms. The highest BCUT2D eigenvalue weighted by molar-refractivity contribution is 6.30. The van der Waals surface area contributed by atoms with Crippen molar-refractivity contribution >= 4 is 23.4 Å². The predicted octanol–water partition coefficient (Wildman–Crippen LogP) is 2.89. The van der Waals surface area contributed by atoms with Gasteiger partial charge in [-0.2, -0.15) is 0 Å². The normalized spacial score (nSPS) is 18.2. The van der Waals surface area contributed by atoms with Crippen LogP contribution in [0.4, 0.5) is 0 Å². The van der Waals surface area contributed by atoms with E-state index in [9.17, 15) is 9.59 Å². The molecule has 1 fully saturated rings. The van der Waals surface area contributed by atoms with E-state index < -0.39 is 0 Å². The SMILES string of the molecule is CC1CC(=O)N([C@@H](C)COc2ccc(Cl)cc2)C(=O)C1. The first-order valence-electron chi connectivity index (χ1n) is 6.70. The van der Waals surface area contributed by atoms with Crippen LogP contribution in [0.5, 0.6) is 5.75 Å². The van der Waals surface area contributed by atoms with Crippen LogP contribution in [-0.2, 0) is 9.59 Å². The third-order valence-electron chi connectivity index (χ3n) is 3.33. The minimum atomic E-state index is -0.266. The van der Waals surface area contributed by atoms with Crippen molar-refractivity contribution < 1.29 is 14.3 Å². The summed E-state index contributed by atoms with van der Waals surface area (Å²) in [5, 5.41) is 0.640. The van der Waals surface area contributed by atoms with Gasteiger partial charge in [-0.3, -0.25) is 14.5 Å². The van der Waals surface area contributed by atoms with E-state index in [1.807, 2.05) is 13.8 Å². The molecule has 4 nitrogen and oxygen atoms in total. The summed E-state index contributed by atoms with van der Waals surface area (Å²) in [6.07, 6.45) is 0.855. The maximum Gasteiger partial charge on any atom is 0.229 e. The first kappa shape index (κ1) is 14.9. The number of piperidine rings is 1. The van der Waals surface area contributed by atoms with Crippen molar-refractivity contribution in [1.82, 2.24) is 4.90 Å². The lowest BCUT2D eigenvalue weighted by molar-refractivity contribution is -0.153. The lowest BCUT2D eigenvalue weighted by atomic mass is 9.97. The van der Waals surface area contributed by atoms with Crippen LogP contribution in [-0.4, -0.2) is 29.4 Å². The summed E-state index contributed by atoms with van der Waals surface area (Å²) in [7, 11) is 0. The number of hydrogen-bond donors (Lipinski definition) is 0. The largest absolute Gasteiger partial charge is 0.491 e. The van der Waals surface area contributed by atoms with Gasteiger partial charge in [-0.1, -0.05) is 18.5 Å². The number of benzene rings is 1. The summed E-state index contributed by atoms with van der Waals surface area (Å²) in [4.78, 5) is 25.2. The molecule has 0 unspecified atom stereocenters. The zero-order chi connectivity index (χ0) is 14.7. The van der Waals surface area contributed by atoms with Crippen LogP contribution in [0.25, 0.3) is 0 Å². The van der Waals surface area contributed by atoms with E-state index in [4.69, 9.17) is 16.3 Å². The fourth-order valence-corrected chi connectivity index (χ4v) is 2.44. The van der Waals surface area contributed by atoms with Crippen LogP contribution in [0.1, 0.15) is 26.7 Å². The average Bonchev–Trinajstić information content (AvgIpc) is 2.37. The zero-order valence-electron chi connectivity index (χ0n) is 11.6. The standard InChI is InChI=1S/C15H18ClNO3/c1-10-7-14(18)17(15(19)8-10)11(2)9-20-13-5-3-12(16)4-6-13/h3-6,10-11H,7-9H2,1-2H3/t11-/m0/s1. The molecule has 1 aromatic rings. The van der Waals surface area contributed by atoms with Crippen LogP contribution >= 0.6 is 11.6 Å². The van der Waals surface area contributed by atoms with Gasteiger partial charge in [0.2, 0.25) is 11.8 Å². The Morgan fingerprint density at radius 2 is 1.80 bits per heavy atom. The van der Waals surface area contributed by atoms with Crippen molar-refractivity contribution in [1.29, 1.82) is 0 Å². The van der Waals surface area contributed by atoms with E-state index in [2.05, 4.69) is 0 Å². The molecule has 108 valence electrons. The van der Waals surface area contributed by atoms with Crippen molar-refractivity contribution in [3.05, 3.63) is 29.3 Å². The summed E-state index contributed by atoms with van der Waals surface area (Å²) in [5.41, 5.74) is 0. The molecule has 1 aromatic carbocycles. The zero-order valence-corrected chi connectivity index (χ0v) is 12.4. The van der Waals surface area contributed by atoms with Gasteiger partial charge in [0.25, 0.3) is 0 Å². The molecule has 0 aliphatic carbocycles. The molecule has 0 saturated carbocycles. The summed E-state index contributed by atoms with van der Waals surface area (Å²) in [6, 6.07) is 6.73. The number of amides is 2. The molecule has 2 amide bonds. The molecule has 0 radical (unpaired) electrons. The second-order valence-electron chi connectivity index (χ2n) is 5.28. The molecular weight excluding hydrogens is 278 g/mol. The van der Waals surface area contributed by atoms with E-state index >= 15 is 0 Å². The highest BCUT2D eigenvalue weighted by Gasteiger charge is 2.33. The minimum Gasteiger partial charge on any atom is -0.491 e. The molecule has 20 heavy (non-hydrogen) atoms. The van der Waals surface area contributed by atoms with Gasteiger partial charge < -0.3 is 4.74 Å². The summed E-state index contributed by atoms with van der Waals surface area (Å²) < 4.78 is 5.59. The maximum absolute atomic E-state index is 11.9. The van der Waals surface area contributed by atoms with Crippen molar-refractivity contribution in [2.24, 2.45) is 5.92 Å². The number of rotatable bonds is 4. The summed E-state index contributed by atoms with van der Waals surface area (Å²) in [6.45, 7) is 4.03. The van der Waals surface area contributed by atoms with E-state index in [-0.39, 0.29) is 30.4 Å². The van der Waals surface area contributed by atoms with Gasteiger partial charge in [0.05, 0.1) is 6.04 Å². The minimum absolute atomic E-state index is 0.110. The molecule has 1 saturated heterocycles. The Balaban J connectivity index is 1.94. The number of imide groups is 1. The smallest absolute Gasteiger partial charge is 0.229 e. The Kier molecular flexibility index (Phi) is 4.65. The average molecular weight is 296 g/mol. The molecule has 0 aromatic heterocycles. The Bertz CT molecular complexity index is 482. The maximum atomic E-state index is 11.9. The van der Waals surface area contributed by atoms with Crippen LogP contribution in [0.3, 0.4) is 0 Å². The molecule has 1 atom stereocenters. The molecule has 1 heterocycles. The highest BCUT2D eigenvalue weighted by atomic mass is 35.5. The second-order valence-corrected chi connectivity index (χ2v) is 5.72. The van der Waals surface area contributed by atoms with Crippen LogP contribution in [0.15, 0.2) is 24.3 Å². The third-order valence-corrected chi connectivity index (χ3v) is 3.58. The topological polar surface area (TPSA) is 46.6 Å². The fraction of sp³-hybridized carbons (Fsp3) is 0.467. The van der Waals surface area contributed by atoms with Crippen molar-refractivity contribution in [2.75, 3.05) is 6.61 Å². The fourth-order valence-electron chi connectivity index (χ4n) is 2.32. The summed E-state index contributed by atoms with van der Waals surface area (Å²) in [5.74, 6) is 0.587. The monoisotopic (exact) mass is 295 g/mol. The van der Waals surface area contributed by atoms with E-state index in [0.29, 0.717) is 23.6 Å². The number of carbonyl (C=O) groups is 2. The number of halogens is 1. The molecular formula is C15H18ClNO3. The molecule has 5 heteroatoms. The number of hydrogen-bond acceptors (Lipinski definition) is 3. The first-order valence-corrected chi connectivity index (χ1v) is 7.08.